The Morgan fingerprint density at radius 3 is 2.63 bits per heavy atom. The molecule has 0 aromatic carbocycles. The first-order valence-electron chi connectivity index (χ1n) is 6.10. The molecule has 4 nitrogen and oxygen atoms in total. The van der Waals surface area contributed by atoms with Gasteiger partial charge in [0.2, 0.25) is 5.91 Å². The fraction of sp³-hybridized carbons (Fsp3) is 0.667. The van der Waals surface area contributed by atoms with Crippen molar-refractivity contribution in [3.63, 3.8) is 0 Å². The fourth-order valence-corrected chi connectivity index (χ4v) is 3.01. The quantitative estimate of drug-likeness (QED) is 0.927. The van der Waals surface area contributed by atoms with Crippen molar-refractivity contribution in [2.75, 3.05) is 19.6 Å². The summed E-state index contributed by atoms with van der Waals surface area (Å²) in [6, 6.07) is 0. The van der Waals surface area contributed by atoms with Gasteiger partial charge in [-0.3, -0.25) is 4.79 Å². The van der Waals surface area contributed by atoms with Crippen molar-refractivity contribution < 1.29 is 4.79 Å². The molecule has 1 aliphatic rings. The number of carbonyl (C=O) groups is 1. The highest BCUT2D eigenvalue weighted by Gasteiger charge is 2.26. The second-order valence-corrected chi connectivity index (χ2v) is 5.53. The van der Waals surface area contributed by atoms with E-state index in [0.717, 1.165) is 25.9 Å². The van der Waals surface area contributed by atoms with Crippen LogP contribution < -0.4 is 5.73 Å². The minimum atomic E-state index is -0.0496. The Labute approximate surface area is 130 Å². The van der Waals surface area contributed by atoms with Gasteiger partial charge in [-0.05, 0) is 12.8 Å². The molecule has 2 N–H and O–H groups in total. The first kappa shape index (κ1) is 18.6. The van der Waals surface area contributed by atoms with Crippen molar-refractivity contribution in [3.8, 4) is 0 Å². The molecule has 19 heavy (non-hydrogen) atoms. The van der Waals surface area contributed by atoms with E-state index in [0.29, 0.717) is 12.5 Å². The van der Waals surface area contributed by atoms with Crippen LogP contribution in [0.4, 0.5) is 0 Å². The van der Waals surface area contributed by atoms with Crippen molar-refractivity contribution in [3.05, 3.63) is 16.6 Å². The zero-order valence-electron chi connectivity index (χ0n) is 10.9. The van der Waals surface area contributed by atoms with Crippen LogP contribution in [0.3, 0.4) is 0 Å². The molecule has 1 atom stereocenters. The molecule has 110 valence electrons. The predicted molar refractivity (Wildman–Crippen MR) is 83.4 cm³/mol. The SMILES string of the molecule is CC(CN)C(=O)N1CCC(c2nccs2)CC1.Cl.Cl. The van der Waals surface area contributed by atoms with E-state index in [1.807, 2.05) is 23.4 Å². The molecular weight excluding hydrogens is 305 g/mol. The number of piperidine rings is 1. The van der Waals surface area contributed by atoms with Crippen LogP contribution in [0.2, 0.25) is 0 Å². The first-order valence-corrected chi connectivity index (χ1v) is 6.98. The highest BCUT2D eigenvalue weighted by Crippen LogP contribution is 2.29. The van der Waals surface area contributed by atoms with Gasteiger partial charge in [-0.2, -0.15) is 0 Å². The zero-order valence-corrected chi connectivity index (χ0v) is 13.4. The molecule has 0 spiro atoms. The van der Waals surface area contributed by atoms with Crippen LogP contribution in [0.1, 0.15) is 30.7 Å². The van der Waals surface area contributed by atoms with Crippen molar-refractivity contribution in [1.82, 2.24) is 9.88 Å². The van der Waals surface area contributed by atoms with Gasteiger partial charge >= 0.3 is 0 Å². The van der Waals surface area contributed by atoms with E-state index in [1.54, 1.807) is 11.3 Å². The maximum Gasteiger partial charge on any atom is 0.226 e. The lowest BCUT2D eigenvalue weighted by atomic mass is 9.96. The number of carbonyl (C=O) groups excluding carboxylic acids is 1. The van der Waals surface area contributed by atoms with Crippen molar-refractivity contribution in [2.45, 2.75) is 25.7 Å². The van der Waals surface area contributed by atoms with Crippen LogP contribution in [0, 0.1) is 5.92 Å². The summed E-state index contributed by atoms with van der Waals surface area (Å²) in [5.74, 6) is 0.684. The average Bonchev–Trinajstić information content (AvgIpc) is 2.91. The molecule has 0 bridgehead atoms. The minimum Gasteiger partial charge on any atom is -0.342 e. The third-order valence-electron chi connectivity index (χ3n) is 3.38. The predicted octanol–water partition coefficient (Wildman–Crippen LogP) is 2.29. The first-order chi connectivity index (χ1) is 8.22. The Morgan fingerprint density at radius 1 is 1.53 bits per heavy atom. The Bertz CT molecular complexity index is 367. The molecule has 0 saturated carbocycles. The number of amides is 1. The molecule has 1 amide bonds. The summed E-state index contributed by atoms with van der Waals surface area (Å²) >= 11 is 1.72. The minimum absolute atomic E-state index is 0. The number of hydrogen-bond donors (Lipinski definition) is 1. The monoisotopic (exact) mass is 325 g/mol. The molecule has 2 rings (SSSR count). The topological polar surface area (TPSA) is 59.2 Å². The number of nitrogens with two attached hydrogens (primary N) is 1. The molecule has 0 radical (unpaired) electrons. The Kier molecular flexibility index (Phi) is 8.57. The van der Waals surface area contributed by atoms with Gasteiger partial charge < -0.3 is 10.6 Å². The van der Waals surface area contributed by atoms with Gasteiger partial charge in [0.25, 0.3) is 0 Å². The van der Waals surface area contributed by atoms with Crippen molar-refractivity contribution in [1.29, 1.82) is 0 Å². The molecule has 1 fully saturated rings. The van der Waals surface area contributed by atoms with Gasteiger partial charge in [0.1, 0.15) is 0 Å². The molecule has 0 aliphatic carbocycles. The van der Waals surface area contributed by atoms with Gasteiger partial charge in [-0.1, -0.05) is 6.92 Å². The summed E-state index contributed by atoms with van der Waals surface area (Å²) in [6.45, 7) is 4.02. The van der Waals surface area contributed by atoms with Crippen molar-refractivity contribution in [2.24, 2.45) is 11.7 Å². The van der Waals surface area contributed by atoms with E-state index in [2.05, 4.69) is 4.98 Å². The molecular formula is C12H21Cl2N3OS. The summed E-state index contributed by atoms with van der Waals surface area (Å²) in [5.41, 5.74) is 5.53. The molecule has 1 saturated heterocycles. The lowest BCUT2D eigenvalue weighted by Gasteiger charge is -2.32. The molecule has 1 aliphatic heterocycles. The van der Waals surface area contributed by atoms with E-state index in [4.69, 9.17) is 5.73 Å². The average molecular weight is 326 g/mol. The highest BCUT2D eigenvalue weighted by molar-refractivity contribution is 7.09. The number of rotatable bonds is 3. The zero-order chi connectivity index (χ0) is 12.3. The Balaban J connectivity index is 0.00000162. The smallest absolute Gasteiger partial charge is 0.226 e. The number of hydrogen-bond acceptors (Lipinski definition) is 4. The Morgan fingerprint density at radius 2 is 2.16 bits per heavy atom. The standard InChI is InChI=1S/C12H19N3OS.2ClH/c1-9(8-13)12(16)15-5-2-10(3-6-15)11-14-4-7-17-11;;/h4,7,9-10H,2-3,5-6,8,13H2,1H3;2*1H. The second-order valence-electron chi connectivity index (χ2n) is 4.61. The van der Waals surface area contributed by atoms with Gasteiger partial charge in [0.15, 0.2) is 0 Å². The summed E-state index contributed by atoms with van der Waals surface area (Å²) in [6.07, 6.45) is 3.90. The van der Waals surface area contributed by atoms with Crippen LogP contribution in [0.25, 0.3) is 0 Å². The molecule has 2 heterocycles. The molecule has 1 unspecified atom stereocenters. The lowest BCUT2D eigenvalue weighted by molar-refractivity contribution is -0.135. The number of aromatic nitrogens is 1. The number of nitrogens with zero attached hydrogens (tertiary/aromatic N) is 2. The number of thiazole rings is 1. The van der Waals surface area contributed by atoms with Gasteiger partial charge in [0, 0.05) is 43.0 Å². The summed E-state index contributed by atoms with van der Waals surface area (Å²) in [7, 11) is 0. The maximum absolute atomic E-state index is 12.0. The maximum atomic E-state index is 12.0. The van der Waals surface area contributed by atoms with Crippen molar-refractivity contribution >= 4 is 42.1 Å². The lowest BCUT2D eigenvalue weighted by Crippen LogP contribution is -2.42. The summed E-state index contributed by atoms with van der Waals surface area (Å²) < 4.78 is 0. The van der Waals surface area contributed by atoms with Crippen LogP contribution in [-0.4, -0.2) is 35.4 Å². The fourth-order valence-electron chi connectivity index (χ4n) is 2.20. The highest BCUT2D eigenvalue weighted by atomic mass is 35.5. The van der Waals surface area contributed by atoms with Crippen LogP contribution >= 0.6 is 36.2 Å². The van der Waals surface area contributed by atoms with E-state index in [1.165, 1.54) is 5.01 Å². The second kappa shape index (κ2) is 8.74. The normalized spacial score (nSPS) is 17.3. The van der Waals surface area contributed by atoms with Gasteiger partial charge in [-0.25, -0.2) is 4.98 Å². The largest absolute Gasteiger partial charge is 0.342 e. The van der Waals surface area contributed by atoms with Crippen LogP contribution in [0.5, 0.6) is 0 Å². The third kappa shape index (κ3) is 4.60. The summed E-state index contributed by atoms with van der Waals surface area (Å²) in [4.78, 5) is 18.3. The third-order valence-corrected chi connectivity index (χ3v) is 4.32. The Hall–Kier alpha value is -0.360. The van der Waals surface area contributed by atoms with E-state index >= 15 is 0 Å². The van der Waals surface area contributed by atoms with Gasteiger partial charge in [-0.15, -0.1) is 36.2 Å². The van der Waals surface area contributed by atoms with Gasteiger partial charge in [0.05, 0.1) is 5.01 Å². The molecule has 1 aromatic rings. The molecule has 7 heteroatoms. The van der Waals surface area contributed by atoms with E-state index in [9.17, 15) is 4.79 Å². The van der Waals surface area contributed by atoms with Crippen LogP contribution in [-0.2, 0) is 4.79 Å². The van der Waals surface area contributed by atoms with Crippen LogP contribution in [0.15, 0.2) is 11.6 Å². The number of halogens is 2. The number of likely N-dealkylation sites (tertiary alicyclic amines) is 1. The van der Waals surface area contributed by atoms with E-state index in [-0.39, 0.29) is 36.6 Å². The summed E-state index contributed by atoms with van der Waals surface area (Å²) in [5, 5.41) is 3.23. The molecule has 1 aromatic heterocycles. The van der Waals surface area contributed by atoms with E-state index < -0.39 is 0 Å².